The molecule has 0 saturated carbocycles. The largest absolute Gasteiger partial charge is 0.394 e. The summed E-state index contributed by atoms with van der Waals surface area (Å²) in [6.45, 7) is -0.461. The van der Waals surface area contributed by atoms with Crippen LogP contribution in [0.15, 0.2) is 0 Å². The van der Waals surface area contributed by atoms with E-state index in [1.807, 2.05) is 0 Å². The van der Waals surface area contributed by atoms with Crippen molar-refractivity contribution in [1.82, 2.24) is 19.5 Å². The molecule has 11 heteroatoms. The molecule has 3 heterocycles. The number of hydrogen-bond donors (Lipinski definition) is 4. The average Bonchev–Trinajstić information content (AvgIpc) is 2.89. The number of halogens is 2. The molecule has 0 radical (unpaired) electrons. The second-order valence-corrected chi connectivity index (χ2v) is 5.22. The summed E-state index contributed by atoms with van der Waals surface area (Å²) in [6.07, 6.45) is -4.64. The monoisotopic (exact) mass is 335 g/mol. The molecule has 1 saturated heterocycles. The van der Waals surface area contributed by atoms with Crippen molar-refractivity contribution in [2.75, 3.05) is 12.3 Å². The lowest BCUT2D eigenvalue weighted by Crippen LogP contribution is -2.33. The lowest BCUT2D eigenvalue weighted by Gasteiger charge is -2.17. The molecule has 0 bridgehead atoms. The van der Waals surface area contributed by atoms with Crippen LogP contribution >= 0.6 is 23.2 Å². The highest BCUT2D eigenvalue weighted by Crippen LogP contribution is 2.35. The van der Waals surface area contributed by atoms with Gasteiger partial charge in [0.05, 0.1) is 6.61 Å². The van der Waals surface area contributed by atoms with Crippen LogP contribution < -0.4 is 5.73 Å². The van der Waals surface area contributed by atoms with Gasteiger partial charge >= 0.3 is 0 Å². The van der Waals surface area contributed by atoms with Crippen molar-refractivity contribution >= 4 is 40.3 Å². The van der Waals surface area contributed by atoms with Gasteiger partial charge in [-0.25, -0.2) is 4.98 Å². The molecule has 5 N–H and O–H groups in total. The third kappa shape index (κ3) is 2.22. The van der Waals surface area contributed by atoms with Gasteiger partial charge in [-0.2, -0.15) is 9.97 Å². The van der Waals surface area contributed by atoms with E-state index in [0.29, 0.717) is 0 Å². The van der Waals surface area contributed by atoms with Gasteiger partial charge in [0, 0.05) is 0 Å². The van der Waals surface area contributed by atoms with Crippen LogP contribution in [0.2, 0.25) is 10.4 Å². The number of fused-ring (bicyclic) bond motifs is 1. The molecule has 4 unspecified atom stereocenters. The predicted octanol–water partition coefficient (Wildman–Crippen LogP) is -0.673. The maximum absolute atomic E-state index is 10.1. The fourth-order valence-corrected chi connectivity index (χ4v) is 2.72. The molecule has 1 fully saturated rings. The maximum Gasteiger partial charge on any atom is 0.223 e. The summed E-state index contributed by atoms with van der Waals surface area (Å²) in [7, 11) is 0. The van der Waals surface area contributed by atoms with Crippen LogP contribution in [0.5, 0.6) is 0 Å². The van der Waals surface area contributed by atoms with E-state index < -0.39 is 31.1 Å². The van der Waals surface area contributed by atoms with Crippen LogP contribution in [0, 0.1) is 0 Å². The van der Waals surface area contributed by atoms with Gasteiger partial charge in [0.2, 0.25) is 11.2 Å². The molecule has 4 atom stereocenters. The molecule has 3 rings (SSSR count). The fourth-order valence-electron chi connectivity index (χ4n) is 2.25. The van der Waals surface area contributed by atoms with Crippen LogP contribution in [0.1, 0.15) is 6.23 Å². The van der Waals surface area contributed by atoms with E-state index in [1.54, 1.807) is 0 Å². The van der Waals surface area contributed by atoms with E-state index in [-0.39, 0.29) is 27.5 Å². The van der Waals surface area contributed by atoms with Crippen molar-refractivity contribution in [2.45, 2.75) is 24.5 Å². The van der Waals surface area contributed by atoms with Crippen LogP contribution in [-0.4, -0.2) is 59.8 Å². The van der Waals surface area contributed by atoms with Crippen molar-refractivity contribution in [3.05, 3.63) is 10.4 Å². The lowest BCUT2D eigenvalue weighted by atomic mass is 10.1. The summed E-state index contributed by atoms with van der Waals surface area (Å²) in [6, 6.07) is 0. The van der Waals surface area contributed by atoms with Crippen molar-refractivity contribution in [3.8, 4) is 0 Å². The first-order chi connectivity index (χ1) is 9.93. The Balaban J connectivity index is 2.15. The molecule has 2 aromatic heterocycles. The van der Waals surface area contributed by atoms with Crippen molar-refractivity contribution in [2.24, 2.45) is 0 Å². The number of aromatic nitrogens is 4. The summed E-state index contributed by atoms with van der Waals surface area (Å²) < 4.78 is 6.63. The van der Waals surface area contributed by atoms with E-state index in [9.17, 15) is 10.2 Å². The summed E-state index contributed by atoms with van der Waals surface area (Å²) in [4.78, 5) is 11.7. The van der Waals surface area contributed by atoms with Crippen LogP contribution in [0.25, 0.3) is 11.2 Å². The number of ether oxygens (including phenoxy) is 1. The molecule has 1 aliphatic heterocycles. The molecule has 1 aliphatic rings. The van der Waals surface area contributed by atoms with Gasteiger partial charge in [-0.15, -0.1) is 0 Å². The molecule has 0 aliphatic carbocycles. The number of nitrogens with zero attached hydrogens (tertiary/aromatic N) is 4. The van der Waals surface area contributed by atoms with Crippen molar-refractivity contribution in [1.29, 1.82) is 0 Å². The Labute approximate surface area is 127 Å². The fraction of sp³-hybridized carbons (Fsp3) is 0.500. The number of aliphatic hydroxyl groups excluding tert-OH is 3. The predicted molar refractivity (Wildman–Crippen MR) is 72.8 cm³/mol. The van der Waals surface area contributed by atoms with Crippen molar-refractivity contribution in [3.63, 3.8) is 0 Å². The van der Waals surface area contributed by atoms with Gasteiger partial charge in [-0.3, -0.25) is 4.57 Å². The first-order valence-electron chi connectivity index (χ1n) is 5.93. The molecular formula is C10H11Cl2N5O4. The van der Waals surface area contributed by atoms with Gasteiger partial charge in [0.25, 0.3) is 0 Å². The third-order valence-electron chi connectivity index (χ3n) is 3.24. The summed E-state index contributed by atoms with van der Waals surface area (Å²) >= 11 is 11.9. The summed E-state index contributed by atoms with van der Waals surface area (Å²) in [5.74, 6) is -0.0999. The number of aliphatic hydroxyl groups is 3. The summed E-state index contributed by atoms with van der Waals surface area (Å²) in [5, 5.41) is 28.9. The van der Waals surface area contributed by atoms with E-state index in [2.05, 4.69) is 15.0 Å². The topological polar surface area (TPSA) is 140 Å². The number of imidazole rings is 1. The van der Waals surface area contributed by atoms with Crippen LogP contribution in [0.3, 0.4) is 0 Å². The average molecular weight is 336 g/mol. The zero-order valence-electron chi connectivity index (χ0n) is 10.4. The van der Waals surface area contributed by atoms with Gasteiger partial charge < -0.3 is 25.8 Å². The smallest absolute Gasteiger partial charge is 0.223 e. The first kappa shape index (κ1) is 14.7. The molecule has 2 aromatic rings. The molecular weight excluding hydrogens is 325 g/mol. The maximum atomic E-state index is 10.1. The summed E-state index contributed by atoms with van der Waals surface area (Å²) in [5.41, 5.74) is 5.88. The number of nitrogens with two attached hydrogens (primary N) is 1. The molecule has 9 nitrogen and oxygen atoms in total. The van der Waals surface area contributed by atoms with Gasteiger partial charge in [0.15, 0.2) is 17.0 Å². The zero-order valence-corrected chi connectivity index (χ0v) is 11.9. The second-order valence-electron chi connectivity index (χ2n) is 4.52. The van der Waals surface area contributed by atoms with Crippen LogP contribution in [-0.2, 0) is 4.74 Å². The van der Waals surface area contributed by atoms with E-state index in [0.717, 1.165) is 0 Å². The molecule has 21 heavy (non-hydrogen) atoms. The number of anilines is 1. The van der Waals surface area contributed by atoms with Gasteiger partial charge in [-0.05, 0) is 11.6 Å². The van der Waals surface area contributed by atoms with E-state index in [4.69, 9.17) is 38.8 Å². The number of hydrogen-bond acceptors (Lipinski definition) is 8. The molecule has 114 valence electrons. The molecule has 0 aromatic carbocycles. The number of nitrogen functional groups attached to an aromatic ring is 1. The Morgan fingerprint density at radius 3 is 2.52 bits per heavy atom. The highest BCUT2D eigenvalue weighted by Gasteiger charge is 2.44. The van der Waals surface area contributed by atoms with E-state index in [1.165, 1.54) is 4.57 Å². The minimum Gasteiger partial charge on any atom is -0.394 e. The Kier molecular flexibility index (Phi) is 3.64. The number of rotatable bonds is 2. The molecule has 0 spiro atoms. The first-order valence-corrected chi connectivity index (χ1v) is 6.68. The lowest BCUT2D eigenvalue weighted by molar-refractivity contribution is -0.0509. The standard InChI is InChI=1S/C10H11Cl2N5O4/c11-6-3-7(16-10(13)15-6)17(9(12)14-3)8-5(20)4(19)2(1-18)21-8/h2,4-5,8,18-20H,1H2,(H2,13,15,16). The van der Waals surface area contributed by atoms with Gasteiger partial charge in [0.1, 0.15) is 23.8 Å². The highest BCUT2D eigenvalue weighted by molar-refractivity contribution is 6.34. The van der Waals surface area contributed by atoms with E-state index >= 15 is 0 Å². The Morgan fingerprint density at radius 1 is 1.19 bits per heavy atom. The Morgan fingerprint density at radius 2 is 1.90 bits per heavy atom. The second kappa shape index (κ2) is 5.20. The Bertz CT molecular complexity index is 696. The highest BCUT2D eigenvalue weighted by atomic mass is 35.5. The van der Waals surface area contributed by atoms with Gasteiger partial charge in [-0.1, -0.05) is 11.6 Å². The van der Waals surface area contributed by atoms with Crippen LogP contribution in [0.4, 0.5) is 5.95 Å². The minimum absolute atomic E-state index is 0.00453. The SMILES string of the molecule is Nc1nc(Cl)c2nc(Cl)n(C3OC(CO)C(O)C3O)c2n1. The normalized spacial score (nSPS) is 29.4. The van der Waals surface area contributed by atoms with Crippen molar-refractivity contribution < 1.29 is 20.1 Å². The quantitative estimate of drug-likeness (QED) is 0.418. The molecule has 0 amide bonds. The third-order valence-corrected chi connectivity index (χ3v) is 3.77. The zero-order chi connectivity index (χ0) is 15.3. The minimum atomic E-state index is -1.33. The Hall–Kier alpha value is -1.23.